The average molecular weight is 333 g/mol. The molecule has 1 saturated heterocycles. The summed E-state index contributed by atoms with van der Waals surface area (Å²) in [5.74, 6) is 0.0151. The highest BCUT2D eigenvalue weighted by atomic mass is 16.2. The Balaban J connectivity index is 1.43. The fourth-order valence-corrected chi connectivity index (χ4v) is 3.23. The van der Waals surface area contributed by atoms with Crippen molar-refractivity contribution in [3.63, 3.8) is 0 Å². The lowest BCUT2D eigenvalue weighted by Crippen LogP contribution is -2.50. The van der Waals surface area contributed by atoms with Gasteiger partial charge in [0.05, 0.1) is 0 Å². The summed E-state index contributed by atoms with van der Waals surface area (Å²) in [6.07, 6.45) is 0. The van der Waals surface area contributed by atoms with Crippen molar-refractivity contribution in [3.05, 3.63) is 71.9 Å². The maximum atomic E-state index is 12.7. The van der Waals surface area contributed by atoms with Crippen LogP contribution in [0, 0.1) is 0 Å². The molecule has 2 amide bonds. The number of H-pyrrole nitrogens is 1. The molecule has 2 heterocycles. The molecule has 25 heavy (non-hydrogen) atoms. The van der Waals surface area contributed by atoms with E-state index in [4.69, 9.17) is 0 Å². The number of piperazine rings is 1. The first kappa shape index (κ1) is 15.4. The van der Waals surface area contributed by atoms with Crippen LogP contribution in [0.25, 0.3) is 10.9 Å². The highest BCUT2D eigenvalue weighted by Gasteiger charge is 2.26. The van der Waals surface area contributed by atoms with Crippen LogP contribution in [-0.2, 0) is 0 Å². The maximum absolute atomic E-state index is 12.7. The minimum absolute atomic E-state index is 0.0111. The second-order valence-electron chi connectivity index (χ2n) is 6.22. The third-order valence-electron chi connectivity index (χ3n) is 4.64. The van der Waals surface area contributed by atoms with Gasteiger partial charge in [-0.05, 0) is 24.3 Å². The Morgan fingerprint density at radius 1 is 0.760 bits per heavy atom. The van der Waals surface area contributed by atoms with Gasteiger partial charge in [-0.15, -0.1) is 0 Å². The minimum Gasteiger partial charge on any atom is -0.351 e. The zero-order chi connectivity index (χ0) is 17.2. The van der Waals surface area contributed by atoms with Crippen molar-refractivity contribution in [1.82, 2.24) is 14.8 Å². The van der Waals surface area contributed by atoms with Gasteiger partial charge < -0.3 is 14.8 Å². The smallest absolute Gasteiger partial charge is 0.270 e. The topological polar surface area (TPSA) is 56.4 Å². The van der Waals surface area contributed by atoms with Crippen molar-refractivity contribution in [2.75, 3.05) is 26.2 Å². The molecule has 0 aliphatic carbocycles. The van der Waals surface area contributed by atoms with Crippen molar-refractivity contribution in [1.29, 1.82) is 0 Å². The molecular formula is C20H19N3O2. The second kappa shape index (κ2) is 6.43. The van der Waals surface area contributed by atoms with Gasteiger partial charge in [-0.1, -0.05) is 36.4 Å². The second-order valence-corrected chi connectivity index (χ2v) is 6.22. The Morgan fingerprint density at radius 3 is 2.04 bits per heavy atom. The highest BCUT2D eigenvalue weighted by molar-refractivity contribution is 5.98. The molecule has 1 aromatic heterocycles. The number of nitrogens with one attached hydrogen (secondary N) is 1. The van der Waals surface area contributed by atoms with Gasteiger partial charge in [0.15, 0.2) is 0 Å². The Hall–Kier alpha value is -3.08. The number of aromatic nitrogens is 1. The van der Waals surface area contributed by atoms with E-state index in [1.165, 1.54) is 0 Å². The van der Waals surface area contributed by atoms with Gasteiger partial charge in [0.1, 0.15) is 5.69 Å². The number of hydrogen-bond donors (Lipinski definition) is 1. The molecule has 5 nitrogen and oxygen atoms in total. The van der Waals surface area contributed by atoms with Gasteiger partial charge in [-0.2, -0.15) is 0 Å². The number of hydrogen-bond acceptors (Lipinski definition) is 2. The largest absolute Gasteiger partial charge is 0.351 e. The van der Waals surface area contributed by atoms with Crippen molar-refractivity contribution < 1.29 is 9.59 Å². The summed E-state index contributed by atoms with van der Waals surface area (Å²) in [6.45, 7) is 2.21. The van der Waals surface area contributed by atoms with Crippen LogP contribution in [0.1, 0.15) is 20.8 Å². The molecule has 0 radical (unpaired) electrons. The number of aromatic amines is 1. The number of amides is 2. The number of fused-ring (bicyclic) bond motifs is 1. The first-order chi connectivity index (χ1) is 12.2. The van der Waals surface area contributed by atoms with Crippen LogP contribution in [0.4, 0.5) is 0 Å². The molecule has 5 heteroatoms. The molecule has 0 saturated carbocycles. The molecular weight excluding hydrogens is 314 g/mol. The van der Waals surface area contributed by atoms with E-state index in [1.807, 2.05) is 65.6 Å². The van der Waals surface area contributed by atoms with E-state index >= 15 is 0 Å². The Labute approximate surface area is 145 Å². The van der Waals surface area contributed by atoms with Crippen molar-refractivity contribution in [3.8, 4) is 0 Å². The van der Waals surface area contributed by atoms with Crippen LogP contribution < -0.4 is 0 Å². The molecule has 4 rings (SSSR count). The number of carbonyl (C=O) groups is 2. The molecule has 3 aromatic rings. The third kappa shape index (κ3) is 3.01. The summed E-state index contributed by atoms with van der Waals surface area (Å²) in [7, 11) is 0. The Morgan fingerprint density at radius 2 is 1.36 bits per heavy atom. The molecule has 126 valence electrons. The van der Waals surface area contributed by atoms with Crippen molar-refractivity contribution in [2.24, 2.45) is 0 Å². The Bertz CT molecular complexity index is 876. The highest BCUT2D eigenvalue weighted by Crippen LogP contribution is 2.17. The number of para-hydroxylation sites is 1. The number of rotatable bonds is 2. The lowest BCUT2D eigenvalue weighted by Gasteiger charge is -2.34. The predicted octanol–water partition coefficient (Wildman–Crippen LogP) is 2.77. The van der Waals surface area contributed by atoms with E-state index in [1.54, 1.807) is 4.90 Å². The lowest BCUT2D eigenvalue weighted by atomic mass is 10.2. The molecule has 1 aliphatic heterocycles. The van der Waals surface area contributed by atoms with E-state index in [-0.39, 0.29) is 11.8 Å². The van der Waals surface area contributed by atoms with Crippen molar-refractivity contribution >= 4 is 22.7 Å². The molecule has 0 spiro atoms. The molecule has 0 atom stereocenters. The van der Waals surface area contributed by atoms with Gasteiger partial charge in [0.2, 0.25) is 0 Å². The summed E-state index contributed by atoms with van der Waals surface area (Å²) in [6, 6.07) is 19.0. The van der Waals surface area contributed by atoms with Gasteiger partial charge >= 0.3 is 0 Å². The number of carbonyl (C=O) groups excluding carboxylic acids is 2. The SMILES string of the molecule is O=C(c1ccccc1)N1CCN(C(=O)c2cc3ccccc3[nH]2)CC1. The fraction of sp³-hybridized carbons (Fsp3) is 0.200. The molecule has 1 N–H and O–H groups in total. The molecule has 2 aromatic carbocycles. The molecule has 1 aliphatic rings. The quantitative estimate of drug-likeness (QED) is 0.784. The maximum Gasteiger partial charge on any atom is 0.270 e. The van der Waals surface area contributed by atoms with E-state index in [0.717, 1.165) is 10.9 Å². The zero-order valence-corrected chi connectivity index (χ0v) is 13.8. The number of nitrogens with zero attached hydrogens (tertiary/aromatic N) is 2. The van der Waals surface area contributed by atoms with Crippen LogP contribution in [0.5, 0.6) is 0 Å². The van der Waals surface area contributed by atoms with E-state index in [9.17, 15) is 9.59 Å². The normalized spacial score (nSPS) is 14.7. The Kier molecular flexibility index (Phi) is 3.98. The first-order valence-corrected chi connectivity index (χ1v) is 8.44. The van der Waals surface area contributed by atoms with Crippen molar-refractivity contribution in [2.45, 2.75) is 0 Å². The minimum atomic E-state index is -0.0111. The van der Waals surface area contributed by atoms with Crippen LogP contribution >= 0.6 is 0 Å². The first-order valence-electron chi connectivity index (χ1n) is 8.44. The summed E-state index contributed by atoms with van der Waals surface area (Å²) in [5, 5.41) is 1.03. The third-order valence-corrected chi connectivity index (χ3v) is 4.64. The summed E-state index contributed by atoms with van der Waals surface area (Å²) < 4.78 is 0. The van der Waals surface area contributed by atoms with Crippen LogP contribution in [0.3, 0.4) is 0 Å². The van der Waals surface area contributed by atoms with Crippen LogP contribution in [0.2, 0.25) is 0 Å². The monoisotopic (exact) mass is 333 g/mol. The summed E-state index contributed by atoms with van der Waals surface area (Å²) >= 11 is 0. The van der Waals surface area contributed by atoms with Gasteiger partial charge in [0.25, 0.3) is 11.8 Å². The summed E-state index contributed by atoms with van der Waals surface area (Å²) in [4.78, 5) is 32.0. The predicted molar refractivity (Wildman–Crippen MR) is 96.5 cm³/mol. The lowest BCUT2D eigenvalue weighted by molar-refractivity contribution is 0.0533. The van der Waals surface area contributed by atoms with Gasteiger partial charge in [0, 0.05) is 42.6 Å². The zero-order valence-electron chi connectivity index (χ0n) is 13.8. The molecule has 0 unspecified atom stereocenters. The van der Waals surface area contributed by atoms with Crippen LogP contribution in [-0.4, -0.2) is 52.8 Å². The average Bonchev–Trinajstić information content (AvgIpc) is 3.12. The van der Waals surface area contributed by atoms with Gasteiger partial charge in [-0.25, -0.2) is 0 Å². The molecule has 0 bridgehead atoms. The standard InChI is InChI=1S/C20H19N3O2/c24-19(15-6-2-1-3-7-15)22-10-12-23(13-11-22)20(25)18-14-16-8-4-5-9-17(16)21-18/h1-9,14,21H,10-13H2. The molecule has 1 fully saturated rings. The fourth-order valence-electron chi connectivity index (χ4n) is 3.23. The van der Waals surface area contributed by atoms with E-state index in [2.05, 4.69) is 4.98 Å². The summed E-state index contributed by atoms with van der Waals surface area (Å²) in [5.41, 5.74) is 2.26. The van der Waals surface area contributed by atoms with E-state index < -0.39 is 0 Å². The van der Waals surface area contributed by atoms with Crippen LogP contribution in [0.15, 0.2) is 60.7 Å². The number of benzene rings is 2. The van der Waals surface area contributed by atoms with Gasteiger partial charge in [-0.3, -0.25) is 9.59 Å². The van der Waals surface area contributed by atoms with E-state index in [0.29, 0.717) is 37.4 Å².